The van der Waals surface area contributed by atoms with Crippen LogP contribution in [0.15, 0.2) is 48.5 Å². The largest absolute Gasteiger partial charge is 0.497 e. The number of carbonyl (C=O) groups is 2. The van der Waals surface area contributed by atoms with Gasteiger partial charge in [-0.1, -0.05) is 0 Å². The van der Waals surface area contributed by atoms with Crippen molar-refractivity contribution in [3.63, 3.8) is 0 Å². The van der Waals surface area contributed by atoms with Gasteiger partial charge in [0.1, 0.15) is 15.6 Å². The summed E-state index contributed by atoms with van der Waals surface area (Å²) in [5, 5.41) is 12.1. The molecule has 0 aliphatic carbocycles. The Hall–Kier alpha value is -3.70. The highest BCUT2D eigenvalue weighted by Gasteiger charge is 2.19. The average Bonchev–Trinajstić information content (AvgIpc) is 3.14. The van der Waals surface area contributed by atoms with Crippen molar-refractivity contribution in [2.45, 2.75) is 6.92 Å². The molecule has 0 spiro atoms. The van der Waals surface area contributed by atoms with Crippen molar-refractivity contribution < 1.29 is 19.1 Å². The number of ether oxygens (including phenoxy) is 2. The number of benzene rings is 2. The van der Waals surface area contributed by atoms with E-state index in [0.717, 1.165) is 11.3 Å². The monoisotopic (exact) mass is 407 g/mol. The van der Waals surface area contributed by atoms with E-state index in [2.05, 4.69) is 10.3 Å². The minimum atomic E-state index is -0.602. The van der Waals surface area contributed by atoms with Crippen molar-refractivity contribution in [2.24, 2.45) is 0 Å². The van der Waals surface area contributed by atoms with Crippen LogP contribution in [0.5, 0.6) is 5.75 Å². The van der Waals surface area contributed by atoms with Gasteiger partial charge in [-0.3, -0.25) is 4.79 Å². The Balaban J connectivity index is 1.60. The summed E-state index contributed by atoms with van der Waals surface area (Å²) in [4.78, 5) is 29.1. The lowest BCUT2D eigenvalue weighted by molar-refractivity contribution is -0.119. The molecule has 0 aliphatic rings. The van der Waals surface area contributed by atoms with E-state index < -0.39 is 18.5 Å². The summed E-state index contributed by atoms with van der Waals surface area (Å²) in [5.41, 5.74) is 2.40. The molecule has 8 heteroatoms. The summed E-state index contributed by atoms with van der Waals surface area (Å²) in [6, 6.07) is 15.7. The molecule has 146 valence electrons. The number of thiazole rings is 1. The van der Waals surface area contributed by atoms with Gasteiger partial charge in [0.05, 0.1) is 24.4 Å². The molecule has 0 saturated heterocycles. The fourth-order valence-corrected chi connectivity index (χ4v) is 3.43. The average molecular weight is 407 g/mol. The number of methoxy groups -OCH3 is 1. The SMILES string of the molecule is COc1ccc(-c2nc(C)c(C(=O)OCC(=O)Nc3ccc(C#N)cc3)s2)cc1. The zero-order valence-electron chi connectivity index (χ0n) is 15.8. The van der Waals surface area contributed by atoms with Gasteiger partial charge in [-0.05, 0) is 55.5 Å². The van der Waals surface area contributed by atoms with E-state index in [4.69, 9.17) is 14.7 Å². The highest BCUT2D eigenvalue weighted by atomic mass is 32.1. The van der Waals surface area contributed by atoms with Crippen LogP contribution in [0.25, 0.3) is 10.6 Å². The van der Waals surface area contributed by atoms with Gasteiger partial charge in [0, 0.05) is 11.3 Å². The minimum absolute atomic E-state index is 0.349. The Bertz CT molecular complexity index is 1070. The molecule has 0 bridgehead atoms. The van der Waals surface area contributed by atoms with E-state index in [1.165, 1.54) is 11.3 Å². The van der Waals surface area contributed by atoms with Gasteiger partial charge in [0.2, 0.25) is 0 Å². The van der Waals surface area contributed by atoms with Gasteiger partial charge < -0.3 is 14.8 Å². The summed E-state index contributed by atoms with van der Waals surface area (Å²) in [6.45, 7) is 1.30. The lowest BCUT2D eigenvalue weighted by Crippen LogP contribution is -2.20. The van der Waals surface area contributed by atoms with Crippen molar-refractivity contribution in [1.82, 2.24) is 4.98 Å². The van der Waals surface area contributed by atoms with Gasteiger partial charge in [0.25, 0.3) is 5.91 Å². The van der Waals surface area contributed by atoms with E-state index >= 15 is 0 Å². The number of hydrogen-bond acceptors (Lipinski definition) is 7. The third-order valence-electron chi connectivity index (χ3n) is 3.95. The molecule has 1 aromatic heterocycles. The normalized spacial score (nSPS) is 10.1. The Labute approximate surface area is 171 Å². The van der Waals surface area contributed by atoms with Crippen LogP contribution >= 0.6 is 11.3 Å². The topological polar surface area (TPSA) is 101 Å². The second kappa shape index (κ2) is 8.99. The Morgan fingerprint density at radius 1 is 1.14 bits per heavy atom. The van der Waals surface area contributed by atoms with E-state index in [0.29, 0.717) is 26.8 Å². The van der Waals surface area contributed by atoms with E-state index in [-0.39, 0.29) is 0 Å². The maximum atomic E-state index is 12.4. The summed E-state index contributed by atoms with van der Waals surface area (Å²) in [7, 11) is 1.59. The lowest BCUT2D eigenvalue weighted by atomic mass is 10.2. The first-order valence-electron chi connectivity index (χ1n) is 8.59. The van der Waals surface area contributed by atoms with E-state index in [1.54, 1.807) is 38.3 Å². The van der Waals surface area contributed by atoms with Crippen LogP contribution in [0.2, 0.25) is 0 Å². The number of nitrogens with one attached hydrogen (secondary N) is 1. The van der Waals surface area contributed by atoms with Gasteiger partial charge in [-0.15, -0.1) is 11.3 Å². The molecule has 3 rings (SSSR count). The third-order valence-corrected chi connectivity index (χ3v) is 5.14. The minimum Gasteiger partial charge on any atom is -0.497 e. The second-order valence-corrected chi connectivity index (χ2v) is 6.97. The molecule has 0 fully saturated rings. The van der Waals surface area contributed by atoms with Gasteiger partial charge in [-0.2, -0.15) is 5.26 Å². The molecule has 0 aliphatic heterocycles. The van der Waals surface area contributed by atoms with Gasteiger partial charge in [0.15, 0.2) is 6.61 Å². The quantitative estimate of drug-likeness (QED) is 0.624. The predicted molar refractivity (Wildman–Crippen MR) is 109 cm³/mol. The number of nitriles is 1. The Morgan fingerprint density at radius 2 is 1.83 bits per heavy atom. The van der Waals surface area contributed by atoms with E-state index in [9.17, 15) is 9.59 Å². The first-order chi connectivity index (χ1) is 14.0. The molecular formula is C21H17N3O4S. The summed E-state index contributed by atoms with van der Waals surface area (Å²) in [6.07, 6.45) is 0. The van der Waals surface area contributed by atoms with Gasteiger partial charge >= 0.3 is 5.97 Å². The van der Waals surface area contributed by atoms with Crippen LogP contribution < -0.4 is 10.1 Å². The van der Waals surface area contributed by atoms with Crippen molar-refractivity contribution in [1.29, 1.82) is 5.26 Å². The molecule has 1 heterocycles. The molecule has 0 radical (unpaired) electrons. The van der Waals surface area contributed by atoms with Crippen molar-refractivity contribution in [3.05, 3.63) is 64.7 Å². The highest BCUT2D eigenvalue weighted by molar-refractivity contribution is 7.17. The molecule has 29 heavy (non-hydrogen) atoms. The van der Waals surface area contributed by atoms with Gasteiger partial charge in [-0.25, -0.2) is 9.78 Å². The number of nitrogens with zero attached hydrogens (tertiary/aromatic N) is 2. The zero-order chi connectivity index (χ0) is 20.8. The molecule has 3 aromatic rings. The number of anilines is 1. The van der Waals surface area contributed by atoms with Crippen LogP contribution in [0.3, 0.4) is 0 Å². The number of hydrogen-bond donors (Lipinski definition) is 1. The maximum absolute atomic E-state index is 12.4. The summed E-state index contributed by atoms with van der Waals surface area (Å²) < 4.78 is 10.3. The number of rotatable bonds is 6. The van der Waals surface area contributed by atoms with Crippen LogP contribution in [-0.2, 0) is 9.53 Å². The fourth-order valence-electron chi connectivity index (χ4n) is 2.46. The molecule has 2 aromatic carbocycles. The first-order valence-corrected chi connectivity index (χ1v) is 9.41. The smallest absolute Gasteiger partial charge is 0.350 e. The zero-order valence-corrected chi connectivity index (χ0v) is 16.6. The molecule has 1 N–H and O–H groups in total. The molecule has 1 amide bonds. The van der Waals surface area contributed by atoms with Crippen molar-refractivity contribution >= 4 is 28.9 Å². The first kappa shape index (κ1) is 20.0. The van der Waals surface area contributed by atoms with E-state index in [1.807, 2.05) is 30.3 Å². The van der Waals surface area contributed by atoms with Crippen molar-refractivity contribution in [3.8, 4) is 22.4 Å². The van der Waals surface area contributed by atoms with Crippen LogP contribution in [-0.4, -0.2) is 30.6 Å². The number of carbonyl (C=O) groups excluding carboxylic acids is 2. The molecule has 7 nitrogen and oxygen atoms in total. The highest BCUT2D eigenvalue weighted by Crippen LogP contribution is 2.29. The molecule has 0 atom stereocenters. The molecule has 0 unspecified atom stereocenters. The Kier molecular flexibility index (Phi) is 6.22. The summed E-state index contributed by atoms with van der Waals surface area (Å²) in [5.74, 6) is -0.342. The van der Waals surface area contributed by atoms with Crippen LogP contribution in [0, 0.1) is 18.3 Å². The molecular weight excluding hydrogens is 390 g/mol. The summed E-state index contributed by atoms with van der Waals surface area (Å²) >= 11 is 1.21. The number of aromatic nitrogens is 1. The van der Waals surface area contributed by atoms with Crippen molar-refractivity contribution in [2.75, 3.05) is 19.0 Å². The standard InChI is InChI=1S/C21H17N3O4S/c1-13-19(29-20(23-13)15-5-9-17(27-2)10-6-15)21(26)28-12-18(25)24-16-7-3-14(11-22)4-8-16/h3-10H,12H2,1-2H3,(H,24,25). The van der Waals surface area contributed by atoms with Crippen LogP contribution in [0.1, 0.15) is 20.9 Å². The lowest BCUT2D eigenvalue weighted by Gasteiger charge is -2.06. The number of aryl methyl sites for hydroxylation is 1. The Morgan fingerprint density at radius 3 is 2.45 bits per heavy atom. The fraction of sp³-hybridized carbons (Fsp3) is 0.143. The molecule has 0 saturated carbocycles. The third kappa shape index (κ3) is 4.97. The number of esters is 1. The second-order valence-electron chi connectivity index (χ2n) is 5.98. The van der Waals surface area contributed by atoms with Crippen LogP contribution in [0.4, 0.5) is 5.69 Å². The predicted octanol–water partition coefficient (Wildman–Crippen LogP) is 3.79. The maximum Gasteiger partial charge on any atom is 0.350 e. The number of amides is 1.